The minimum Gasteiger partial charge on any atom is -0.368 e. The van der Waals surface area contributed by atoms with Crippen LogP contribution in [0.2, 0.25) is 5.02 Å². The highest BCUT2D eigenvalue weighted by molar-refractivity contribution is 6.34. The Hall–Kier alpha value is -3.26. The topological polar surface area (TPSA) is 93.8 Å². The van der Waals surface area contributed by atoms with Crippen LogP contribution in [0.1, 0.15) is 6.92 Å². The molecule has 0 unspecified atom stereocenters. The fourth-order valence-electron chi connectivity index (χ4n) is 3.18. The molecule has 0 saturated carbocycles. The van der Waals surface area contributed by atoms with Gasteiger partial charge in [0, 0.05) is 44.5 Å². The quantitative estimate of drug-likeness (QED) is 0.681. The van der Waals surface area contributed by atoms with Gasteiger partial charge in [-0.1, -0.05) is 29.8 Å². The van der Waals surface area contributed by atoms with Crippen molar-refractivity contribution in [1.82, 2.24) is 10.2 Å². The van der Waals surface area contributed by atoms with Gasteiger partial charge in [0.05, 0.1) is 17.3 Å². The van der Waals surface area contributed by atoms with Gasteiger partial charge in [-0.2, -0.15) is 0 Å². The standard InChI is InChI=1S/C21H24ClN5O3/c1-15(28)24-16-7-8-19(18(22)13-16)25-21(30)23-14-20(29)27-11-9-26(10-12-27)17-5-3-2-4-6-17/h2-8,13H,9-12,14H2,1H3,(H,24,28)(H2,23,25,30). The molecule has 2 aromatic rings. The molecule has 1 aliphatic rings. The maximum atomic E-state index is 12.4. The Morgan fingerprint density at radius 2 is 1.67 bits per heavy atom. The number of carbonyl (C=O) groups excluding carboxylic acids is 3. The van der Waals surface area contributed by atoms with E-state index in [1.165, 1.54) is 13.0 Å². The van der Waals surface area contributed by atoms with Crippen molar-refractivity contribution in [3.63, 3.8) is 0 Å². The van der Waals surface area contributed by atoms with Gasteiger partial charge in [-0.25, -0.2) is 4.79 Å². The number of amides is 4. The molecule has 3 rings (SSSR count). The third-order valence-electron chi connectivity index (χ3n) is 4.69. The summed E-state index contributed by atoms with van der Waals surface area (Å²) in [5.41, 5.74) is 2.05. The van der Waals surface area contributed by atoms with Crippen molar-refractivity contribution in [3.8, 4) is 0 Å². The Kier molecular flexibility index (Phi) is 7.13. The Bertz CT molecular complexity index is 914. The lowest BCUT2D eigenvalue weighted by Gasteiger charge is -2.36. The number of nitrogens with zero attached hydrogens (tertiary/aromatic N) is 2. The molecule has 0 radical (unpaired) electrons. The molecule has 1 fully saturated rings. The van der Waals surface area contributed by atoms with Gasteiger partial charge in [0.1, 0.15) is 0 Å². The van der Waals surface area contributed by atoms with Crippen molar-refractivity contribution in [2.24, 2.45) is 0 Å². The summed E-state index contributed by atoms with van der Waals surface area (Å²) in [5, 5.41) is 8.05. The summed E-state index contributed by atoms with van der Waals surface area (Å²) in [4.78, 5) is 39.6. The van der Waals surface area contributed by atoms with E-state index in [2.05, 4.69) is 33.0 Å². The van der Waals surface area contributed by atoms with E-state index in [1.54, 1.807) is 17.0 Å². The maximum Gasteiger partial charge on any atom is 0.319 e. The van der Waals surface area contributed by atoms with Crippen molar-refractivity contribution < 1.29 is 14.4 Å². The predicted molar refractivity (Wildman–Crippen MR) is 118 cm³/mol. The van der Waals surface area contributed by atoms with Crippen LogP contribution in [0.4, 0.5) is 21.9 Å². The second kappa shape index (κ2) is 9.98. The minimum atomic E-state index is -0.527. The Morgan fingerprint density at radius 1 is 0.967 bits per heavy atom. The molecule has 30 heavy (non-hydrogen) atoms. The predicted octanol–water partition coefficient (Wildman–Crippen LogP) is 2.77. The van der Waals surface area contributed by atoms with Crippen LogP contribution in [0, 0.1) is 0 Å². The molecule has 0 bridgehead atoms. The molecule has 0 atom stereocenters. The van der Waals surface area contributed by atoms with Crippen LogP contribution in [-0.2, 0) is 9.59 Å². The average Bonchev–Trinajstić information content (AvgIpc) is 2.74. The van der Waals surface area contributed by atoms with Gasteiger partial charge < -0.3 is 25.8 Å². The number of urea groups is 1. The molecule has 0 spiro atoms. The Balaban J connectivity index is 1.44. The summed E-state index contributed by atoms with van der Waals surface area (Å²) in [7, 11) is 0. The van der Waals surface area contributed by atoms with E-state index in [9.17, 15) is 14.4 Å². The van der Waals surface area contributed by atoms with E-state index in [0.29, 0.717) is 24.5 Å². The number of hydrogen-bond donors (Lipinski definition) is 3. The highest BCUT2D eigenvalue weighted by Crippen LogP contribution is 2.25. The molecular formula is C21H24ClN5O3. The second-order valence-corrected chi connectivity index (χ2v) is 7.29. The number of piperazine rings is 1. The third kappa shape index (κ3) is 5.87. The van der Waals surface area contributed by atoms with E-state index < -0.39 is 6.03 Å². The first-order valence-corrected chi connectivity index (χ1v) is 10.00. The van der Waals surface area contributed by atoms with Crippen LogP contribution in [0.25, 0.3) is 0 Å². The summed E-state index contributed by atoms with van der Waals surface area (Å²) >= 11 is 6.13. The van der Waals surface area contributed by atoms with Crippen LogP contribution >= 0.6 is 11.6 Å². The SMILES string of the molecule is CC(=O)Nc1ccc(NC(=O)NCC(=O)N2CCN(c3ccccc3)CC2)c(Cl)c1. The van der Waals surface area contributed by atoms with E-state index in [-0.39, 0.29) is 23.4 Å². The fraction of sp³-hybridized carbons (Fsp3) is 0.286. The molecular weight excluding hydrogens is 406 g/mol. The van der Waals surface area contributed by atoms with Crippen LogP contribution in [-0.4, -0.2) is 55.5 Å². The highest BCUT2D eigenvalue weighted by atomic mass is 35.5. The minimum absolute atomic E-state index is 0.0984. The first-order chi connectivity index (χ1) is 14.4. The van der Waals surface area contributed by atoms with E-state index in [0.717, 1.165) is 18.8 Å². The number of para-hydroxylation sites is 1. The molecule has 158 valence electrons. The Labute approximate surface area is 180 Å². The lowest BCUT2D eigenvalue weighted by atomic mass is 10.2. The van der Waals surface area contributed by atoms with Crippen LogP contribution in [0.15, 0.2) is 48.5 Å². The number of rotatable bonds is 5. The molecule has 8 nitrogen and oxygen atoms in total. The number of halogens is 1. The summed E-state index contributed by atoms with van der Waals surface area (Å²) in [6.07, 6.45) is 0. The van der Waals surface area contributed by atoms with Crippen molar-refractivity contribution in [3.05, 3.63) is 53.6 Å². The molecule has 1 saturated heterocycles. The van der Waals surface area contributed by atoms with Crippen LogP contribution < -0.4 is 20.9 Å². The number of nitrogens with one attached hydrogen (secondary N) is 3. The van der Waals surface area contributed by atoms with Crippen molar-refractivity contribution >= 4 is 46.5 Å². The Morgan fingerprint density at radius 3 is 2.30 bits per heavy atom. The van der Waals surface area contributed by atoms with Crippen LogP contribution in [0.5, 0.6) is 0 Å². The molecule has 2 aromatic carbocycles. The van der Waals surface area contributed by atoms with Crippen LogP contribution in [0.3, 0.4) is 0 Å². The lowest BCUT2D eigenvalue weighted by molar-refractivity contribution is -0.130. The van der Waals surface area contributed by atoms with Crippen molar-refractivity contribution in [1.29, 1.82) is 0 Å². The van der Waals surface area contributed by atoms with Gasteiger partial charge in [-0.05, 0) is 30.3 Å². The third-order valence-corrected chi connectivity index (χ3v) is 5.00. The van der Waals surface area contributed by atoms with Crippen molar-refractivity contribution in [2.75, 3.05) is 48.3 Å². The lowest BCUT2D eigenvalue weighted by Crippen LogP contribution is -2.51. The largest absolute Gasteiger partial charge is 0.368 e. The smallest absolute Gasteiger partial charge is 0.319 e. The van der Waals surface area contributed by atoms with Gasteiger partial charge in [0.2, 0.25) is 11.8 Å². The first-order valence-electron chi connectivity index (χ1n) is 9.62. The number of hydrogen-bond acceptors (Lipinski definition) is 4. The molecule has 1 aliphatic heterocycles. The molecule has 1 heterocycles. The van der Waals surface area contributed by atoms with Gasteiger partial charge in [0.15, 0.2) is 0 Å². The summed E-state index contributed by atoms with van der Waals surface area (Å²) in [5.74, 6) is -0.349. The average molecular weight is 430 g/mol. The van der Waals surface area contributed by atoms with Gasteiger partial charge in [-0.15, -0.1) is 0 Å². The van der Waals surface area contributed by atoms with Gasteiger partial charge in [-0.3, -0.25) is 9.59 Å². The number of benzene rings is 2. The zero-order valence-corrected chi connectivity index (χ0v) is 17.4. The highest BCUT2D eigenvalue weighted by Gasteiger charge is 2.21. The molecule has 3 N–H and O–H groups in total. The zero-order chi connectivity index (χ0) is 21.5. The summed E-state index contributed by atoms with van der Waals surface area (Å²) in [6.45, 7) is 4.00. The molecule has 0 aromatic heterocycles. The maximum absolute atomic E-state index is 12.4. The first kappa shape index (κ1) is 21.4. The fourth-order valence-corrected chi connectivity index (χ4v) is 3.41. The van der Waals surface area contributed by atoms with E-state index in [1.807, 2.05) is 18.2 Å². The van der Waals surface area contributed by atoms with Gasteiger partial charge >= 0.3 is 6.03 Å². The normalized spacial score (nSPS) is 13.5. The number of anilines is 3. The summed E-state index contributed by atoms with van der Waals surface area (Å²) in [6, 6.07) is 14.3. The zero-order valence-electron chi connectivity index (χ0n) is 16.7. The molecule has 4 amide bonds. The van der Waals surface area contributed by atoms with E-state index in [4.69, 9.17) is 11.6 Å². The second-order valence-electron chi connectivity index (χ2n) is 6.89. The van der Waals surface area contributed by atoms with Gasteiger partial charge in [0.25, 0.3) is 0 Å². The van der Waals surface area contributed by atoms with Crippen molar-refractivity contribution in [2.45, 2.75) is 6.92 Å². The monoisotopic (exact) mass is 429 g/mol. The summed E-state index contributed by atoms with van der Waals surface area (Å²) < 4.78 is 0. The number of carbonyl (C=O) groups is 3. The molecule has 0 aliphatic carbocycles. The molecule has 9 heteroatoms. The van der Waals surface area contributed by atoms with E-state index >= 15 is 0 Å².